The highest BCUT2D eigenvalue weighted by atomic mass is 16.2. The average Bonchev–Trinajstić information content (AvgIpc) is 2.88. The van der Waals surface area contributed by atoms with Crippen molar-refractivity contribution in [2.45, 2.75) is 52.5 Å². The van der Waals surface area contributed by atoms with Gasteiger partial charge in [0.15, 0.2) is 0 Å². The van der Waals surface area contributed by atoms with E-state index in [1.807, 2.05) is 56.3 Å². The first-order valence-corrected chi connectivity index (χ1v) is 10.0. The third-order valence-electron chi connectivity index (χ3n) is 5.57. The summed E-state index contributed by atoms with van der Waals surface area (Å²) in [5, 5.41) is 5.55. The molecule has 1 saturated heterocycles. The van der Waals surface area contributed by atoms with Gasteiger partial charge in [0, 0.05) is 5.69 Å². The van der Waals surface area contributed by atoms with Crippen LogP contribution in [-0.2, 0) is 20.5 Å². The number of rotatable bonds is 4. The van der Waals surface area contributed by atoms with Crippen LogP contribution >= 0.6 is 0 Å². The SMILES string of the molecule is Cc1ccc(C)c(NC(=O)CN2C(=O)N[C@@](C)(c3ccc(C(C)(C)C)cc3)C2=O)c1. The lowest BCUT2D eigenvalue weighted by atomic mass is 9.84. The lowest BCUT2D eigenvalue weighted by Gasteiger charge is -2.24. The van der Waals surface area contributed by atoms with Crippen LogP contribution in [0.4, 0.5) is 10.5 Å². The van der Waals surface area contributed by atoms with Crippen LogP contribution in [0.1, 0.15) is 49.9 Å². The Balaban J connectivity index is 1.77. The number of imide groups is 1. The Bertz CT molecular complexity index is 1010. The summed E-state index contributed by atoms with van der Waals surface area (Å²) >= 11 is 0. The summed E-state index contributed by atoms with van der Waals surface area (Å²) in [6.45, 7) is 11.5. The molecule has 0 spiro atoms. The largest absolute Gasteiger partial charge is 0.325 e. The molecule has 4 amide bonds. The van der Waals surface area contributed by atoms with Crippen molar-refractivity contribution in [1.29, 1.82) is 0 Å². The Hall–Kier alpha value is -3.15. The zero-order chi connectivity index (χ0) is 22.3. The van der Waals surface area contributed by atoms with Crippen LogP contribution in [0.5, 0.6) is 0 Å². The van der Waals surface area contributed by atoms with Gasteiger partial charge in [0.25, 0.3) is 5.91 Å². The Morgan fingerprint density at radius 3 is 2.30 bits per heavy atom. The minimum atomic E-state index is -1.20. The van der Waals surface area contributed by atoms with Crippen molar-refractivity contribution in [1.82, 2.24) is 10.2 Å². The maximum absolute atomic E-state index is 13.1. The predicted molar refractivity (Wildman–Crippen MR) is 117 cm³/mol. The number of carbonyl (C=O) groups is 3. The number of nitrogens with zero attached hydrogens (tertiary/aromatic N) is 1. The molecule has 2 N–H and O–H groups in total. The van der Waals surface area contributed by atoms with Crippen molar-refractivity contribution >= 4 is 23.5 Å². The van der Waals surface area contributed by atoms with Crippen molar-refractivity contribution in [3.8, 4) is 0 Å². The first kappa shape index (κ1) is 21.6. The van der Waals surface area contributed by atoms with Gasteiger partial charge in [-0.15, -0.1) is 0 Å². The van der Waals surface area contributed by atoms with Crippen LogP contribution in [0.25, 0.3) is 0 Å². The third-order valence-corrected chi connectivity index (χ3v) is 5.57. The van der Waals surface area contributed by atoms with Gasteiger partial charge in [0.05, 0.1) is 0 Å². The van der Waals surface area contributed by atoms with E-state index in [4.69, 9.17) is 0 Å². The first-order valence-electron chi connectivity index (χ1n) is 10.0. The van der Waals surface area contributed by atoms with Gasteiger partial charge in [0.2, 0.25) is 5.91 Å². The number of hydrogen-bond acceptors (Lipinski definition) is 3. The van der Waals surface area contributed by atoms with E-state index < -0.39 is 23.4 Å². The Labute approximate surface area is 177 Å². The number of nitrogens with one attached hydrogen (secondary N) is 2. The zero-order valence-corrected chi connectivity index (χ0v) is 18.4. The maximum Gasteiger partial charge on any atom is 0.325 e. The van der Waals surface area contributed by atoms with Crippen molar-refractivity contribution in [3.63, 3.8) is 0 Å². The first-order chi connectivity index (χ1) is 13.9. The van der Waals surface area contributed by atoms with E-state index in [1.54, 1.807) is 6.92 Å². The monoisotopic (exact) mass is 407 g/mol. The summed E-state index contributed by atoms with van der Waals surface area (Å²) in [6.07, 6.45) is 0. The summed E-state index contributed by atoms with van der Waals surface area (Å²) in [7, 11) is 0. The molecule has 3 rings (SSSR count). The predicted octanol–water partition coefficient (Wildman–Crippen LogP) is 4.01. The molecule has 2 aromatic rings. The molecule has 158 valence electrons. The molecule has 2 aromatic carbocycles. The van der Waals surface area contributed by atoms with Gasteiger partial charge >= 0.3 is 6.03 Å². The van der Waals surface area contributed by atoms with Crippen molar-refractivity contribution in [3.05, 3.63) is 64.7 Å². The zero-order valence-electron chi connectivity index (χ0n) is 18.4. The smallest absolute Gasteiger partial charge is 0.324 e. The molecule has 1 fully saturated rings. The quantitative estimate of drug-likeness (QED) is 0.752. The molecule has 0 unspecified atom stereocenters. The van der Waals surface area contributed by atoms with E-state index >= 15 is 0 Å². The second kappa shape index (κ2) is 7.59. The van der Waals surface area contributed by atoms with Gasteiger partial charge in [-0.05, 0) is 54.5 Å². The molecule has 6 heteroatoms. The number of hydrogen-bond donors (Lipinski definition) is 2. The molecule has 6 nitrogen and oxygen atoms in total. The minimum absolute atomic E-state index is 0.0135. The fraction of sp³-hybridized carbons (Fsp3) is 0.375. The summed E-state index contributed by atoms with van der Waals surface area (Å²) in [5.41, 5.74) is 3.20. The highest BCUT2D eigenvalue weighted by Gasteiger charge is 2.49. The van der Waals surface area contributed by atoms with Gasteiger partial charge in [-0.2, -0.15) is 0 Å². The summed E-state index contributed by atoms with van der Waals surface area (Å²) in [5.74, 6) is -0.855. The van der Waals surface area contributed by atoms with Gasteiger partial charge in [0.1, 0.15) is 12.1 Å². The average molecular weight is 408 g/mol. The fourth-order valence-electron chi connectivity index (χ4n) is 3.54. The molecular formula is C24H29N3O3. The summed E-state index contributed by atoms with van der Waals surface area (Å²) in [6, 6.07) is 12.8. The molecule has 1 heterocycles. The van der Waals surface area contributed by atoms with Crippen LogP contribution in [0.2, 0.25) is 0 Å². The normalized spacial score (nSPS) is 19.1. The number of urea groups is 1. The summed E-state index contributed by atoms with van der Waals surface area (Å²) < 4.78 is 0. The molecule has 0 aromatic heterocycles. The summed E-state index contributed by atoms with van der Waals surface area (Å²) in [4.78, 5) is 39.1. The van der Waals surface area contributed by atoms with Gasteiger partial charge in [-0.1, -0.05) is 57.2 Å². The van der Waals surface area contributed by atoms with Crippen molar-refractivity contribution in [2.24, 2.45) is 0 Å². The van der Waals surface area contributed by atoms with Crippen LogP contribution < -0.4 is 10.6 Å². The second-order valence-electron chi connectivity index (χ2n) is 9.14. The molecule has 0 radical (unpaired) electrons. The Kier molecular flexibility index (Phi) is 5.46. The van der Waals surface area contributed by atoms with Crippen molar-refractivity contribution < 1.29 is 14.4 Å². The standard InChI is InChI=1S/C24H29N3O3/c1-15-7-8-16(2)19(13-15)25-20(28)14-27-21(29)24(6,26-22(27)30)18-11-9-17(10-12-18)23(3,4)5/h7-13H,14H2,1-6H3,(H,25,28)(H,26,30)/t24-/m0/s1. The number of anilines is 1. The van der Waals surface area contributed by atoms with Crippen molar-refractivity contribution in [2.75, 3.05) is 11.9 Å². The Morgan fingerprint density at radius 1 is 1.07 bits per heavy atom. The van der Waals surface area contributed by atoms with Gasteiger partial charge < -0.3 is 10.6 Å². The lowest BCUT2D eigenvalue weighted by Crippen LogP contribution is -2.42. The number of amides is 4. The van der Waals surface area contributed by atoms with E-state index in [9.17, 15) is 14.4 Å². The van der Waals surface area contributed by atoms with Crippen LogP contribution in [0.3, 0.4) is 0 Å². The van der Waals surface area contributed by atoms with Gasteiger partial charge in [-0.3, -0.25) is 14.5 Å². The highest BCUT2D eigenvalue weighted by molar-refractivity contribution is 6.10. The Morgan fingerprint density at radius 2 is 1.70 bits per heavy atom. The fourth-order valence-corrected chi connectivity index (χ4v) is 3.54. The molecule has 30 heavy (non-hydrogen) atoms. The van der Waals surface area contributed by atoms with E-state index in [-0.39, 0.29) is 12.0 Å². The molecular weight excluding hydrogens is 378 g/mol. The molecule has 0 bridgehead atoms. The maximum atomic E-state index is 13.1. The minimum Gasteiger partial charge on any atom is -0.324 e. The lowest BCUT2D eigenvalue weighted by molar-refractivity contribution is -0.133. The molecule has 0 aliphatic carbocycles. The highest BCUT2D eigenvalue weighted by Crippen LogP contribution is 2.31. The molecule has 1 atom stereocenters. The van der Waals surface area contributed by atoms with E-state index in [0.717, 1.165) is 21.6 Å². The topological polar surface area (TPSA) is 78.5 Å². The van der Waals surface area contributed by atoms with Crippen LogP contribution in [0.15, 0.2) is 42.5 Å². The third kappa shape index (κ3) is 4.08. The van der Waals surface area contributed by atoms with E-state index in [2.05, 4.69) is 31.4 Å². The number of carbonyl (C=O) groups excluding carboxylic acids is 3. The van der Waals surface area contributed by atoms with E-state index in [1.165, 1.54) is 0 Å². The number of aryl methyl sites for hydroxylation is 2. The van der Waals surface area contributed by atoms with Crippen LogP contribution in [-0.4, -0.2) is 29.3 Å². The molecule has 1 aliphatic rings. The second-order valence-corrected chi connectivity index (χ2v) is 9.14. The molecule has 1 aliphatic heterocycles. The van der Waals surface area contributed by atoms with Gasteiger partial charge in [-0.25, -0.2) is 4.79 Å². The number of benzene rings is 2. The molecule has 0 saturated carbocycles. The van der Waals surface area contributed by atoms with Crippen LogP contribution in [0, 0.1) is 13.8 Å². The van der Waals surface area contributed by atoms with E-state index in [0.29, 0.717) is 11.3 Å².